The number of halogens is 8. The van der Waals surface area contributed by atoms with Crippen molar-refractivity contribution in [2.75, 3.05) is 0 Å². The molecule has 0 bridgehead atoms. The molecule has 0 saturated carbocycles. The molecular formula is C27H12BF8NO. The van der Waals surface area contributed by atoms with Crippen LogP contribution in [0.25, 0.3) is 22.3 Å². The standard InChI is InChI=1S/C27H12BF8NO/c1-12-2-3-16(18(28)4-12)13-5-21(31)25(22(32)6-13)14-7-23(33)26(24(34)8-14)27(35,36)38-15-9-19(29)17(11-37)20(30)10-15/h2-10H,1H3. The first-order valence-electron chi connectivity index (χ1n) is 10.6. The van der Waals surface area contributed by atoms with E-state index in [1.54, 1.807) is 19.1 Å². The number of hydrogen-bond donors (Lipinski definition) is 0. The molecule has 0 amide bonds. The molecule has 4 rings (SSSR count). The fraction of sp³-hybridized carbons (Fsp3) is 0.0741. The molecule has 0 spiro atoms. The monoisotopic (exact) mass is 529 g/mol. The molecule has 38 heavy (non-hydrogen) atoms. The number of nitriles is 1. The molecule has 11 heteroatoms. The van der Waals surface area contributed by atoms with Gasteiger partial charge in [-0.1, -0.05) is 29.2 Å². The Morgan fingerprint density at radius 1 is 0.737 bits per heavy atom. The number of hydrogen-bond acceptors (Lipinski definition) is 2. The third-order valence-electron chi connectivity index (χ3n) is 5.56. The van der Waals surface area contributed by atoms with Gasteiger partial charge in [0.1, 0.15) is 65.7 Å². The van der Waals surface area contributed by atoms with Gasteiger partial charge in [-0.3, -0.25) is 0 Å². The highest BCUT2D eigenvalue weighted by Crippen LogP contribution is 2.39. The van der Waals surface area contributed by atoms with Crippen LogP contribution in [0.2, 0.25) is 0 Å². The van der Waals surface area contributed by atoms with Crippen LogP contribution in [0.3, 0.4) is 0 Å². The molecule has 0 atom stereocenters. The maximum absolute atomic E-state index is 14.9. The van der Waals surface area contributed by atoms with Crippen LogP contribution in [0, 0.1) is 53.2 Å². The molecule has 2 nitrogen and oxygen atoms in total. The average molecular weight is 529 g/mol. The Bertz CT molecular complexity index is 1560. The highest BCUT2D eigenvalue weighted by atomic mass is 19.3. The van der Waals surface area contributed by atoms with Crippen LogP contribution in [0.1, 0.15) is 16.7 Å². The summed E-state index contributed by atoms with van der Waals surface area (Å²) in [6.07, 6.45) is -4.82. The first-order chi connectivity index (χ1) is 17.8. The summed E-state index contributed by atoms with van der Waals surface area (Å²) in [5, 5.41) is 8.65. The quantitative estimate of drug-likeness (QED) is 0.207. The fourth-order valence-corrected chi connectivity index (χ4v) is 3.86. The van der Waals surface area contributed by atoms with Crippen LogP contribution in [0.15, 0.2) is 54.6 Å². The molecule has 2 radical (unpaired) electrons. The Labute approximate surface area is 212 Å². The Morgan fingerprint density at radius 2 is 1.26 bits per heavy atom. The molecule has 190 valence electrons. The van der Waals surface area contributed by atoms with Crippen molar-refractivity contribution < 1.29 is 39.9 Å². The second-order valence-corrected chi connectivity index (χ2v) is 8.21. The largest absolute Gasteiger partial charge is 0.432 e. The highest BCUT2D eigenvalue weighted by molar-refractivity contribution is 6.36. The zero-order chi connectivity index (χ0) is 27.9. The number of ether oxygens (including phenoxy) is 1. The van der Waals surface area contributed by atoms with E-state index in [1.165, 1.54) is 12.1 Å². The molecule has 4 aromatic carbocycles. The molecule has 0 fully saturated rings. The summed E-state index contributed by atoms with van der Waals surface area (Å²) in [6.45, 7) is 1.76. The molecule has 0 heterocycles. The van der Waals surface area contributed by atoms with Crippen LogP contribution in [0.4, 0.5) is 35.1 Å². The summed E-state index contributed by atoms with van der Waals surface area (Å²) < 4.78 is 120. The lowest BCUT2D eigenvalue weighted by Crippen LogP contribution is -2.25. The van der Waals surface area contributed by atoms with Gasteiger partial charge < -0.3 is 4.74 Å². The predicted molar refractivity (Wildman–Crippen MR) is 123 cm³/mol. The van der Waals surface area contributed by atoms with Crippen molar-refractivity contribution in [1.29, 1.82) is 5.26 Å². The van der Waals surface area contributed by atoms with Crippen LogP contribution in [0.5, 0.6) is 5.75 Å². The molecule has 0 saturated heterocycles. The van der Waals surface area contributed by atoms with Crippen molar-refractivity contribution in [1.82, 2.24) is 0 Å². The van der Waals surface area contributed by atoms with Crippen molar-refractivity contribution in [3.8, 4) is 34.1 Å². The number of nitrogens with zero attached hydrogens (tertiary/aromatic N) is 1. The third-order valence-corrected chi connectivity index (χ3v) is 5.56. The van der Waals surface area contributed by atoms with Gasteiger partial charge in [0.25, 0.3) is 0 Å². The summed E-state index contributed by atoms with van der Waals surface area (Å²) in [6, 6.07) is 8.65. The van der Waals surface area contributed by atoms with Gasteiger partial charge >= 0.3 is 6.11 Å². The van der Waals surface area contributed by atoms with Crippen molar-refractivity contribution in [3.63, 3.8) is 0 Å². The van der Waals surface area contributed by atoms with Crippen LogP contribution in [-0.2, 0) is 6.11 Å². The fourth-order valence-electron chi connectivity index (χ4n) is 3.86. The minimum absolute atomic E-state index is 0.0284. The van der Waals surface area contributed by atoms with E-state index in [0.717, 1.165) is 17.7 Å². The Hall–Kier alpha value is -4.33. The first kappa shape index (κ1) is 26.7. The van der Waals surface area contributed by atoms with Crippen LogP contribution < -0.4 is 10.2 Å². The summed E-state index contributed by atoms with van der Waals surface area (Å²) in [7, 11) is 5.90. The van der Waals surface area contributed by atoms with E-state index in [2.05, 4.69) is 4.74 Å². The third kappa shape index (κ3) is 4.94. The smallest absolute Gasteiger partial charge is 0.429 e. The number of rotatable bonds is 5. The van der Waals surface area contributed by atoms with Crippen LogP contribution >= 0.6 is 0 Å². The second kappa shape index (κ2) is 9.86. The van der Waals surface area contributed by atoms with Gasteiger partial charge in [-0.25, -0.2) is 26.3 Å². The predicted octanol–water partition coefficient (Wildman–Crippen LogP) is 6.96. The second-order valence-electron chi connectivity index (χ2n) is 8.21. The van der Waals surface area contributed by atoms with E-state index in [1.807, 2.05) is 0 Å². The maximum Gasteiger partial charge on any atom is 0.432 e. The van der Waals surface area contributed by atoms with Crippen LogP contribution in [-0.4, -0.2) is 7.85 Å². The zero-order valence-corrected chi connectivity index (χ0v) is 19.2. The van der Waals surface area contributed by atoms with Gasteiger partial charge in [0.05, 0.1) is 5.56 Å². The van der Waals surface area contributed by atoms with Crippen molar-refractivity contribution in [2.45, 2.75) is 13.0 Å². The van der Waals surface area contributed by atoms with Gasteiger partial charge in [-0.05, 0) is 47.9 Å². The molecule has 0 aromatic heterocycles. The lowest BCUT2D eigenvalue weighted by atomic mass is 9.85. The Morgan fingerprint density at radius 3 is 1.76 bits per heavy atom. The summed E-state index contributed by atoms with van der Waals surface area (Å²) in [5.41, 5.74) is -3.36. The Balaban J connectivity index is 1.73. The molecule has 0 N–H and O–H groups in total. The van der Waals surface area contributed by atoms with Gasteiger partial charge in [-0.2, -0.15) is 14.0 Å². The molecular weight excluding hydrogens is 517 g/mol. The minimum atomic E-state index is -4.82. The average Bonchev–Trinajstić information content (AvgIpc) is 2.77. The molecule has 0 unspecified atom stereocenters. The maximum atomic E-state index is 14.9. The normalized spacial score (nSPS) is 11.4. The van der Waals surface area contributed by atoms with Crippen molar-refractivity contribution in [2.24, 2.45) is 0 Å². The molecule has 4 aromatic rings. The summed E-state index contributed by atoms with van der Waals surface area (Å²) in [5.74, 6) is -10.7. The van der Waals surface area contributed by atoms with E-state index >= 15 is 0 Å². The lowest BCUT2D eigenvalue weighted by molar-refractivity contribution is -0.189. The van der Waals surface area contributed by atoms with E-state index in [-0.39, 0.29) is 35.3 Å². The van der Waals surface area contributed by atoms with E-state index in [0.29, 0.717) is 5.56 Å². The van der Waals surface area contributed by atoms with Crippen molar-refractivity contribution >= 4 is 13.3 Å². The lowest BCUT2D eigenvalue weighted by Gasteiger charge is -2.20. The Kier molecular flexibility index (Phi) is 6.93. The number of alkyl halides is 2. The van der Waals surface area contributed by atoms with Gasteiger partial charge in [-0.15, -0.1) is 0 Å². The van der Waals surface area contributed by atoms with Gasteiger partial charge in [0, 0.05) is 12.1 Å². The van der Waals surface area contributed by atoms with Crippen molar-refractivity contribution in [3.05, 3.63) is 106 Å². The van der Waals surface area contributed by atoms with Gasteiger partial charge in [0.15, 0.2) is 0 Å². The number of aryl methyl sites for hydroxylation is 1. The minimum Gasteiger partial charge on any atom is -0.429 e. The summed E-state index contributed by atoms with van der Waals surface area (Å²) in [4.78, 5) is 0. The number of benzene rings is 4. The SMILES string of the molecule is [B]c1cc(C)ccc1-c1cc(F)c(-c2cc(F)c(C(F)(F)Oc3cc(F)c(C#N)c(F)c3)c(F)c2)c(F)c1. The van der Waals surface area contributed by atoms with E-state index in [9.17, 15) is 35.1 Å². The van der Waals surface area contributed by atoms with E-state index < -0.39 is 69.0 Å². The first-order valence-corrected chi connectivity index (χ1v) is 10.6. The van der Waals surface area contributed by atoms with Gasteiger partial charge in [0.2, 0.25) is 0 Å². The topological polar surface area (TPSA) is 33.0 Å². The van der Waals surface area contributed by atoms with E-state index in [4.69, 9.17) is 13.1 Å². The highest BCUT2D eigenvalue weighted by Gasteiger charge is 2.42. The molecule has 0 aliphatic rings. The molecule has 0 aliphatic carbocycles. The zero-order valence-electron chi connectivity index (χ0n) is 19.2. The molecule has 0 aliphatic heterocycles. The summed E-state index contributed by atoms with van der Waals surface area (Å²) >= 11 is 0.